The van der Waals surface area contributed by atoms with Crippen LogP contribution in [0.15, 0.2) is 12.1 Å². The molecule has 0 spiro atoms. The van der Waals surface area contributed by atoms with Crippen molar-refractivity contribution in [2.24, 2.45) is 0 Å². The van der Waals surface area contributed by atoms with Gasteiger partial charge in [0.1, 0.15) is 5.82 Å². The standard InChI is InChI=1S/C16H18F2N2O4S/c1-23-15(21)13-9-20(16(22)24-13)12-8-10(17)7-11(18)14(12)19-3-2-5-25-6-4-19/h7-8,13H,2-6,9H2,1H3. The topological polar surface area (TPSA) is 59.1 Å². The van der Waals surface area contributed by atoms with Crippen LogP contribution in [0.4, 0.5) is 25.0 Å². The number of nitrogens with zero attached hydrogens (tertiary/aromatic N) is 2. The number of thioether (sulfide) groups is 1. The summed E-state index contributed by atoms with van der Waals surface area (Å²) in [6.07, 6.45) is -1.09. The zero-order chi connectivity index (χ0) is 18.0. The average Bonchev–Trinajstić information content (AvgIpc) is 2.79. The number of amides is 1. The third-order valence-corrected chi connectivity index (χ3v) is 5.16. The second-order valence-corrected chi connectivity index (χ2v) is 6.94. The first-order chi connectivity index (χ1) is 12.0. The van der Waals surface area contributed by atoms with Gasteiger partial charge in [0.2, 0.25) is 6.10 Å². The summed E-state index contributed by atoms with van der Waals surface area (Å²) < 4.78 is 37.9. The van der Waals surface area contributed by atoms with Crippen LogP contribution in [0.25, 0.3) is 0 Å². The van der Waals surface area contributed by atoms with Gasteiger partial charge in [-0.25, -0.2) is 18.4 Å². The van der Waals surface area contributed by atoms with Gasteiger partial charge in [0.25, 0.3) is 0 Å². The van der Waals surface area contributed by atoms with Crippen molar-refractivity contribution < 1.29 is 27.8 Å². The monoisotopic (exact) mass is 372 g/mol. The molecule has 136 valence electrons. The lowest BCUT2D eigenvalue weighted by atomic mass is 10.2. The Kier molecular flexibility index (Phi) is 5.31. The summed E-state index contributed by atoms with van der Waals surface area (Å²) in [5, 5.41) is 0. The predicted molar refractivity (Wildman–Crippen MR) is 90.1 cm³/mol. The summed E-state index contributed by atoms with van der Waals surface area (Å²) in [7, 11) is 1.18. The summed E-state index contributed by atoms with van der Waals surface area (Å²) in [6, 6.07) is 1.90. The molecule has 25 heavy (non-hydrogen) atoms. The molecule has 6 nitrogen and oxygen atoms in total. The van der Waals surface area contributed by atoms with Gasteiger partial charge in [0.05, 0.1) is 25.0 Å². The number of rotatable bonds is 3. The summed E-state index contributed by atoms with van der Waals surface area (Å²) >= 11 is 1.76. The van der Waals surface area contributed by atoms with Crippen molar-refractivity contribution in [3.63, 3.8) is 0 Å². The molecule has 1 unspecified atom stereocenters. The molecule has 2 saturated heterocycles. The highest BCUT2D eigenvalue weighted by atomic mass is 32.2. The lowest BCUT2D eigenvalue weighted by molar-refractivity contribution is -0.148. The molecule has 1 aromatic rings. The Balaban J connectivity index is 1.97. The first-order valence-corrected chi connectivity index (χ1v) is 9.04. The van der Waals surface area contributed by atoms with Crippen LogP contribution in [-0.2, 0) is 14.3 Å². The molecule has 0 aromatic heterocycles. The molecular formula is C16H18F2N2O4S. The van der Waals surface area contributed by atoms with Gasteiger partial charge >= 0.3 is 12.1 Å². The molecule has 0 radical (unpaired) electrons. The van der Waals surface area contributed by atoms with Crippen LogP contribution in [0.1, 0.15) is 6.42 Å². The molecule has 2 aliphatic heterocycles. The quantitative estimate of drug-likeness (QED) is 0.760. The molecule has 2 aliphatic rings. The smallest absolute Gasteiger partial charge is 0.415 e. The highest BCUT2D eigenvalue weighted by molar-refractivity contribution is 7.99. The van der Waals surface area contributed by atoms with Crippen LogP contribution < -0.4 is 9.80 Å². The molecule has 2 heterocycles. The van der Waals surface area contributed by atoms with Crippen molar-refractivity contribution in [3.05, 3.63) is 23.8 Å². The normalized spacial score (nSPS) is 21.1. The first kappa shape index (κ1) is 17.8. The lowest BCUT2D eigenvalue weighted by Gasteiger charge is -2.28. The third kappa shape index (κ3) is 3.65. The lowest BCUT2D eigenvalue weighted by Crippen LogP contribution is -2.33. The van der Waals surface area contributed by atoms with E-state index < -0.39 is 29.8 Å². The molecule has 1 amide bonds. The maximum absolute atomic E-state index is 14.6. The van der Waals surface area contributed by atoms with E-state index in [1.165, 1.54) is 7.11 Å². The van der Waals surface area contributed by atoms with E-state index in [0.29, 0.717) is 13.1 Å². The average molecular weight is 372 g/mol. The van der Waals surface area contributed by atoms with Gasteiger partial charge in [0.15, 0.2) is 5.82 Å². The van der Waals surface area contributed by atoms with Gasteiger partial charge in [-0.3, -0.25) is 4.90 Å². The first-order valence-electron chi connectivity index (χ1n) is 7.89. The number of cyclic esters (lactones) is 1. The number of carbonyl (C=O) groups excluding carboxylic acids is 2. The van der Waals surface area contributed by atoms with Crippen LogP contribution >= 0.6 is 11.8 Å². The van der Waals surface area contributed by atoms with E-state index in [-0.39, 0.29) is 17.9 Å². The molecule has 9 heteroatoms. The minimum absolute atomic E-state index is 0.0702. The van der Waals surface area contributed by atoms with Crippen LogP contribution in [0, 0.1) is 11.6 Å². The number of halogens is 2. The largest absolute Gasteiger partial charge is 0.466 e. The highest BCUT2D eigenvalue weighted by Gasteiger charge is 2.40. The maximum atomic E-state index is 14.6. The van der Waals surface area contributed by atoms with Gasteiger partial charge in [-0.15, -0.1) is 0 Å². The molecular weight excluding hydrogens is 354 g/mol. The van der Waals surface area contributed by atoms with E-state index in [2.05, 4.69) is 4.74 Å². The Bertz CT molecular complexity index is 680. The zero-order valence-corrected chi connectivity index (χ0v) is 14.5. The second kappa shape index (κ2) is 7.47. The highest BCUT2D eigenvalue weighted by Crippen LogP contribution is 2.36. The van der Waals surface area contributed by atoms with E-state index in [1.807, 2.05) is 4.90 Å². The molecule has 0 bridgehead atoms. The van der Waals surface area contributed by atoms with Gasteiger partial charge in [-0.1, -0.05) is 0 Å². The fraction of sp³-hybridized carbons (Fsp3) is 0.500. The van der Waals surface area contributed by atoms with Gasteiger partial charge in [-0.05, 0) is 12.2 Å². The van der Waals surface area contributed by atoms with E-state index in [1.54, 1.807) is 11.8 Å². The molecule has 1 atom stereocenters. The van der Waals surface area contributed by atoms with Crippen molar-refractivity contribution >= 4 is 35.2 Å². The summed E-state index contributed by atoms with van der Waals surface area (Å²) in [5.74, 6) is -0.470. The number of hydrogen-bond acceptors (Lipinski definition) is 6. The Labute approximate surface area is 148 Å². The van der Waals surface area contributed by atoms with Crippen molar-refractivity contribution in [3.8, 4) is 0 Å². The Morgan fingerprint density at radius 2 is 2.12 bits per heavy atom. The minimum atomic E-state index is -1.11. The number of methoxy groups -OCH3 is 1. The van der Waals surface area contributed by atoms with Crippen molar-refractivity contribution in [2.75, 3.05) is 48.0 Å². The van der Waals surface area contributed by atoms with Crippen LogP contribution in [0.2, 0.25) is 0 Å². The van der Waals surface area contributed by atoms with Crippen molar-refractivity contribution in [2.45, 2.75) is 12.5 Å². The van der Waals surface area contributed by atoms with E-state index in [9.17, 15) is 18.4 Å². The summed E-state index contributed by atoms with van der Waals surface area (Å²) in [5.41, 5.74) is 0.229. The Morgan fingerprint density at radius 3 is 2.88 bits per heavy atom. The Morgan fingerprint density at radius 1 is 1.32 bits per heavy atom. The number of esters is 1. The number of hydrogen-bond donors (Lipinski definition) is 0. The molecule has 2 fully saturated rings. The van der Waals surface area contributed by atoms with Gasteiger partial charge < -0.3 is 14.4 Å². The number of ether oxygens (including phenoxy) is 2. The number of anilines is 2. The molecule has 0 aliphatic carbocycles. The van der Waals surface area contributed by atoms with Crippen LogP contribution in [0.5, 0.6) is 0 Å². The fourth-order valence-corrected chi connectivity index (χ4v) is 3.84. The molecule has 0 N–H and O–H groups in total. The summed E-state index contributed by atoms with van der Waals surface area (Å²) in [6.45, 7) is 1.04. The van der Waals surface area contributed by atoms with E-state index in [4.69, 9.17) is 4.74 Å². The second-order valence-electron chi connectivity index (χ2n) is 5.71. The molecule has 1 aromatic carbocycles. The Hall–Kier alpha value is -2.03. The fourth-order valence-electron chi connectivity index (χ4n) is 2.95. The number of carbonyl (C=O) groups is 2. The third-order valence-electron chi connectivity index (χ3n) is 4.11. The number of benzene rings is 1. The minimum Gasteiger partial charge on any atom is -0.466 e. The van der Waals surface area contributed by atoms with Crippen molar-refractivity contribution in [1.29, 1.82) is 0 Å². The molecule has 3 rings (SSSR count). The zero-order valence-electron chi connectivity index (χ0n) is 13.7. The SMILES string of the molecule is COC(=O)C1CN(c2cc(F)cc(F)c2N2CCCSCC2)C(=O)O1. The van der Waals surface area contributed by atoms with Crippen LogP contribution in [0.3, 0.4) is 0 Å². The maximum Gasteiger partial charge on any atom is 0.415 e. The van der Waals surface area contributed by atoms with E-state index >= 15 is 0 Å². The van der Waals surface area contributed by atoms with Gasteiger partial charge in [0, 0.05) is 31.0 Å². The van der Waals surface area contributed by atoms with E-state index in [0.717, 1.165) is 35.0 Å². The summed E-state index contributed by atoms with van der Waals surface area (Å²) in [4.78, 5) is 26.7. The van der Waals surface area contributed by atoms with Crippen molar-refractivity contribution in [1.82, 2.24) is 0 Å². The van der Waals surface area contributed by atoms with Gasteiger partial charge in [-0.2, -0.15) is 11.8 Å². The molecule has 0 saturated carbocycles. The van der Waals surface area contributed by atoms with Crippen LogP contribution in [-0.4, -0.2) is 56.4 Å². The predicted octanol–water partition coefficient (Wildman–Crippen LogP) is 2.41.